The van der Waals surface area contributed by atoms with Gasteiger partial charge in [-0.05, 0) is 37.1 Å². The number of benzene rings is 2. The lowest BCUT2D eigenvalue weighted by Gasteiger charge is -2.31. The van der Waals surface area contributed by atoms with Crippen LogP contribution in [0.5, 0.6) is 5.75 Å². The van der Waals surface area contributed by atoms with Crippen molar-refractivity contribution >= 4 is 32.0 Å². The minimum absolute atomic E-state index is 0.121. The minimum atomic E-state index is -3.54. The Balaban J connectivity index is 1.44. The zero-order valence-electron chi connectivity index (χ0n) is 16.8. The van der Waals surface area contributed by atoms with Crippen molar-refractivity contribution in [2.24, 2.45) is 0 Å². The number of rotatable bonds is 6. The second-order valence-corrected chi connectivity index (χ2v) is 10.3. The van der Waals surface area contributed by atoms with Gasteiger partial charge in [0, 0.05) is 36.2 Å². The maximum Gasteiger partial charge on any atom is 0.269 e. The van der Waals surface area contributed by atoms with Gasteiger partial charge in [0.05, 0.1) is 27.9 Å². The first kappa shape index (κ1) is 21.3. The van der Waals surface area contributed by atoms with Crippen molar-refractivity contribution in [1.82, 2.24) is 4.98 Å². The molecule has 162 valence electrons. The predicted octanol–water partition coefficient (Wildman–Crippen LogP) is 4.17. The van der Waals surface area contributed by atoms with E-state index in [1.165, 1.54) is 35.6 Å². The summed E-state index contributed by atoms with van der Waals surface area (Å²) in [6, 6.07) is 12.8. The number of nitrogens with zero attached hydrogens (tertiary/aromatic N) is 3. The fourth-order valence-electron chi connectivity index (χ4n) is 3.63. The van der Waals surface area contributed by atoms with Crippen LogP contribution in [0.1, 0.15) is 12.8 Å². The number of hydrogen-bond acceptors (Lipinski definition) is 8. The lowest BCUT2D eigenvalue weighted by Crippen LogP contribution is -2.39. The molecule has 0 aliphatic carbocycles. The van der Waals surface area contributed by atoms with E-state index in [9.17, 15) is 18.5 Å². The van der Waals surface area contributed by atoms with E-state index in [1.807, 2.05) is 29.6 Å². The lowest BCUT2D eigenvalue weighted by molar-refractivity contribution is -0.384. The molecular weight excluding hydrogens is 438 g/mol. The second kappa shape index (κ2) is 8.64. The topological polar surface area (TPSA) is 103 Å². The number of aromatic nitrogens is 1. The molecule has 0 N–H and O–H groups in total. The molecular formula is C21H21N3O5S2. The number of sulfone groups is 1. The molecule has 3 aromatic rings. The molecule has 0 saturated carbocycles. The van der Waals surface area contributed by atoms with Crippen molar-refractivity contribution in [2.45, 2.75) is 23.0 Å². The van der Waals surface area contributed by atoms with Crippen molar-refractivity contribution < 1.29 is 18.1 Å². The Hall–Kier alpha value is -2.98. The van der Waals surface area contributed by atoms with E-state index in [2.05, 4.69) is 4.90 Å². The molecule has 2 aromatic carbocycles. The summed E-state index contributed by atoms with van der Waals surface area (Å²) in [6.07, 6.45) is 0.959. The van der Waals surface area contributed by atoms with Gasteiger partial charge < -0.3 is 9.64 Å². The van der Waals surface area contributed by atoms with Crippen LogP contribution in [-0.4, -0.2) is 43.8 Å². The summed E-state index contributed by atoms with van der Waals surface area (Å²) in [5.74, 6) is 0.768. The molecule has 0 radical (unpaired) electrons. The summed E-state index contributed by atoms with van der Waals surface area (Å²) >= 11 is 1.53. The van der Waals surface area contributed by atoms with Gasteiger partial charge in [0.1, 0.15) is 5.75 Å². The Bertz CT molecular complexity index is 1180. The molecule has 0 unspecified atom stereocenters. The fraction of sp³-hybridized carbons (Fsp3) is 0.286. The molecule has 1 aliphatic heterocycles. The van der Waals surface area contributed by atoms with Crippen LogP contribution in [-0.2, 0) is 9.84 Å². The second-order valence-electron chi connectivity index (χ2n) is 7.23. The first-order valence-electron chi connectivity index (χ1n) is 9.72. The van der Waals surface area contributed by atoms with E-state index in [-0.39, 0.29) is 10.6 Å². The fourth-order valence-corrected chi connectivity index (χ4v) is 6.25. The third-order valence-corrected chi connectivity index (χ3v) is 8.56. The van der Waals surface area contributed by atoms with Gasteiger partial charge in [0.25, 0.3) is 5.69 Å². The van der Waals surface area contributed by atoms with Crippen LogP contribution in [0.15, 0.2) is 58.8 Å². The molecule has 4 rings (SSSR count). The largest absolute Gasteiger partial charge is 0.497 e. The number of nitro groups is 1. The van der Waals surface area contributed by atoms with E-state index in [1.54, 1.807) is 7.11 Å². The summed E-state index contributed by atoms with van der Waals surface area (Å²) in [7, 11) is -1.91. The number of methoxy groups -OCH3 is 1. The van der Waals surface area contributed by atoms with E-state index >= 15 is 0 Å². The summed E-state index contributed by atoms with van der Waals surface area (Å²) in [5.41, 5.74) is 1.71. The van der Waals surface area contributed by atoms with E-state index in [0.717, 1.165) is 22.1 Å². The molecule has 10 heteroatoms. The average Bonchev–Trinajstić information content (AvgIpc) is 3.30. The van der Waals surface area contributed by atoms with Gasteiger partial charge in [-0.2, -0.15) is 0 Å². The summed E-state index contributed by atoms with van der Waals surface area (Å²) in [5, 5.41) is 13.1. The third-order valence-electron chi connectivity index (χ3n) is 5.38. The quantitative estimate of drug-likeness (QED) is 0.403. The smallest absolute Gasteiger partial charge is 0.269 e. The Kier molecular flexibility index (Phi) is 5.92. The first-order chi connectivity index (χ1) is 14.9. The van der Waals surface area contributed by atoms with Crippen LogP contribution in [0.25, 0.3) is 11.3 Å². The van der Waals surface area contributed by atoms with Crippen molar-refractivity contribution in [1.29, 1.82) is 0 Å². The molecule has 31 heavy (non-hydrogen) atoms. The zero-order valence-corrected chi connectivity index (χ0v) is 18.4. The number of nitro benzene ring substituents is 1. The standard InChI is InChI=1S/C21H21N3O5S2/c1-29-17-4-2-3-15(13-17)20-14-30-21(22-20)23-11-9-19(10-12-23)31(27,28)18-7-5-16(6-8-18)24(25)26/h2-8,13-14,19H,9-12H2,1H3. The number of non-ortho nitro benzene ring substituents is 1. The monoisotopic (exact) mass is 459 g/mol. The normalized spacial score (nSPS) is 15.1. The van der Waals surface area contributed by atoms with E-state index in [0.29, 0.717) is 25.9 Å². The highest BCUT2D eigenvalue weighted by Gasteiger charge is 2.32. The minimum Gasteiger partial charge on any atom is -0.497 e. The molecule has 0 bridgehead atoms. The van der Waals surface area contributed by atoms with Crippen LogP contribution in [0.3, 0.4) is 0 Å². The lowest BCUT2D eigenvalue weighted by atomic mass is 10.1. The molecule has 8 nitrogen and oxygen atoms in total. The van der Waals surface area contributed by atoms with Gasteiger partial charge >= 0.3 is 0 Å². The number of anilines is 1. The van der Waals surface area contributed by atoms with Crippen LogP contribution >= 0.6 is 11.3 Å². The van der Waals surface area contributed by atoms with Crippen LogP contribution < -0.4 is 9.64 Å². The highest BCUT2D eigenvalue weighted by Crippen LogP contribution is 2.32. The SMILES string of the molecule is COc1cccc(-c2csc(N3CCC(S(=O)(=O)c4ccc([N+](=O)[O-])cc4)CC3)n2)c1. The molecule has 1 aromatic heterocycles. The highest BCUT2D eigenvalue weighted by molar-refractivity contribution is 7.92. The summed E-state index contributed by atoms with van der Waals surface area (Å²) in [4.78, 5) is 17.2. The van der Waals surface area contributed by atoms with Gasteiger partial charge in [-0.15, -0.1) is 11.3 Å². The van der Waals surface area contributed by atoms with Gasteiger partial charge in [-0.3, -0.25) is 10.1 Å². The third kappa shape index (κ3) is 4.40. The Morgan fingerprint density at radius 3 is 2.52 bits per heavy atom. The highest BCUT2D eigenvalue weighted by atomic mass is 32.2. The van der Waals surface area contributed by atoms with Crippen LogP contribution in [0.2, 0.25) is 0 Å². The number of thiazole rings is 1. The average molecular weight is 460 g/mol. The maximum atomic E-state index is 12.9. The van der Waals surface area contributed by atoms with Crippen molar-refractivity contribution in [2.75, 3.05) is 25.1 Å². The van der Waals surface area contributed by atoms with Crippen molar-refractivity contribution in [3.8, 4) is 17.0 Å². The van der Waals surface area contributed by atoms with Gasteiger partial charge in [-0.1, -0.05) is 12.1 Å². The summed E-state index contributed by atoms with van der Waals surface area (Å²) < 4.78 is 31.2. The first-order valence-corrected chi connectivity index (χ1v) is 12.1. The molecule has 0 spiro atoms. The molecule has 2 heterocycles. The van der Waals surface area contributed by atoms with Crippen molar-refractivity contribution in [3.63, 3.8) is 0 Å². The van der Waals surface area contributed by atoms with Crippen LogP contribution in [0.4, 0.5) is 10.8 Å². The predicted molar refractivity (Wildman–Crippen MR) is 120 cm³/mol. The van der Waals surface area contributed by atoms with Crippen molar-refractivity contribution in [3.05, 3.63) is 64.0 Å². The molecule has 0 amide bonds. The maximum absolute atomic E-state index is 12.9. The molecule has 1 aliphatic rings. The molecule has 0 atom stereocenters. The zero-order chi connectivity index (χ0) is 22.0. The Morgan fingerprint density at radius 1 is 1.16 bits per heavy atom. The van der Waals surface area contributed by atoms with Crippen LogP contribution in [0, 0.1) is 10.1 Å². The number of ether oxygens (including phenoxy) is 1. The number of piperidine rings is 1. The Morgan fingerprint density at radius 2 is 1.87 bits per heavy atom. The Labute approximate surface area is 184 Å². The van der Waals surface area contributed by atoms with Gasteiger partial charge in [-0.25, -0.2) is 13.4 Å². The van der Waals surface area contributed by atoms with Gasteiger partial charge in [0.2, 0.25) is 0 Å². The summed E-state index contributed by atoms with van der Waals surface area (Å²) in [6.45, 7) is 1.17. The van der Waals surface area contributed by atoms with E-state index in [4.69, 9.17) is 9.72 Å². The number of hydrogen-bond donors (Lipinski definition) is 0. The van der Waals surface area contributed by atoms with Gasteiger partial charge in [0.15, 0.2) is 15.0 Å². The molecule has 1 fully saturated rings. The van der Waals surface area contributed by atoms with E-state index < -0.39 is 20.0 Å². The molecule has 1 saturated heterocycles.